The fourth-order valence-corrected chi connectivity index (χ4v) is 1.65. The van der Waals surface area contributed by atoms with E-state index in [4.69, 9.17) is 0 Å². The molecule has 2 nitrogen and oxygen atoms in total. The van der Waals surface area contributed by atoms with Crippen molar-refractivity contribution in [1.29, 1.82) is 0 Å². The summed E-state index contributed by atoms with van der Waals surface area (Å²) >= 11 is 7.62. The lowest BCUT2D eigenvalue weighted by molar-refractivity contribution is 0.939. The van der Waals surface area contributed by atoms with Gasteiger partial charge in [-0.05, 0) is 18.6 Å². The zero-order valence-electron chi connectivity index (χ0n) is 8.70. The number of rotatable bonds is 4. The molecule has 0 atom stereocenters. The van der Waals surface area contributed by atoms with Crippen LogP contribution in [-0.4, -0.2) is 18.1 Å². The zero-order valence-corrected chi connectivity index (χ0v) is 11.2. The molecule has 1 rings (SSSR count). The summed E-state index contributed by atoms with van der Waals surface area (Å²) in [6, 6.07) is 8.12. The van der Waals surface area contributed by atoms with Crippen LogP contribution in [0.3, 0.4) is 0 Å². The average Bonchev–Trinajstić information content (AvgIpc) is 2.25. The standard InChI is InChI=1S/C11H15BrN2S/c1-9(13-6-7-15)14-8-10-4-2-3-5-11(10)12/h2-5,15H,6-8H2,1H3,(H,13,14). The molecule has 0 spiro atoms. The topological polar surface area (TPSA) is 24.4 Å². The minimum atomic E-state index is 0.701. The molecule has 0 amide bonds. The summed E-state index contributed by atoms with van der Waals surface area (Å²) in [6.07, 6.45) is 0. The Hall–Kier alpha value is -0.480. The van der Waals surface area contributed by atoms with Crippen LogP contribution in [0, 0.1) is 0 Å². The van der Waals surface area contributed by atoms with Crippen LogP contribution < -0.4 is 5.32 Å². The highest BCUT2D eigenvalue weighted by Crippen LogP contribution is 2.16. The number of hydrogen-bond donors (Lipinski definition) is 2. The minimum absolute atomic E-state index is 0.701. The number of aliphatic imine (C=N–C) groups is 1. The van der Waals surface area contributed by atoms with E-state index in [1.54, 1.807) is 0 Å². The number of thiol groups is 1. The first kappa shape index (κ1) is 12.6. The van der Waals surface area contributed by atoms with Gasteiger partial charge in [-0.3, -0.25) is 4.99 Å². The highest BCUT2D eigenvalue weighted by atomic mass is 79.9. The van der Waals surface area contributed by atoms with E-state index >= 15 is 0 Å². The summed E-state index contributed by atoms with van der Waals surface area (Å²) in [7, 11) is 0. The maximum atomic E-state index is 4.43. The number of halogens is 1. The van der Waals surface area contributed by atoms with Crippen molar-refractivity contribution < 1.29 is 0 Å². The van der Waals surface area contributed by atoms with Crippen LogP contribution in [0.15, 0.2) is 33.7 Å². The molecule has 0 bridgehead atoms. The summed E-state index contributed by atoms with van der Waals surface area (Å²) in [5.74, 6) is 1.78. The molecule has 0 saturated heterocycles. The lowest BCUT2D eigenvalue weighted by atomic mass is 10.2. The first-order chi connectivity index (χ1) is 7.24. The molecule has 0 heterocycles. The Morgan fingerprint density at radius 1 is 1.47 bits per heavy atom. The Kier molecular flexibility index (Phi) is 5.79. The van der Waals surface area contributed by atoms with Crippen LogP contribution in [0.5, 0.6) is 0 Å². The third-order valence-corrected chi connectivity index (χ3v) is 2.93. The fraction of sp³-hybridized carbons (Fsp3) is 0.364. The van der Waals surface area contributed by atoms with Crippen LogP contribution in [0.2, 0.25) is 0 Å². The van der Waals surface area contributed by atoms with E-state index in [2.05, 4.69) is 44.9 Å². The molecule has 4 heteroatoms. The van der Waals surface area contributed by atoms with E-state index in [0.29, 0.717) is 6.54 Å². The average molecular weight is 287 g/mol. The molecule has 0 saturated carbocycles. The van der Waals surface area contributed by atoms with Gasteiger partial charge < -0.3 is 5.32 Å². The highest BCUT2D eigenvalue weighted by Gasteiger charge is 1.96. The maximum absolute atomic E-state index is 4.43. The van der Waals surface area contributed by atoms with Crippen molar-refractivity contribution in [2.45, 2.75) is 13.5 Å². The van der Waals surface area contributed by atoms with E-state index in [1.165, 1.54) is 5.56 Å². The first-order valence-electron chi connectivity index (χ1n) is 4.83. The SMILES string of the molecule is CC(=NCc1ccccc1Br)NCCS. The van der Waals surface area contributed by atoms with E-state index in [1.807, 2.05) is 25.1 Å². The minimum Gasteiger partial charge on any atom is -0.373 e. The van der Waals surface area contributed by atoms with Crippen molar-refractivity contribution in [2.24, 2.45) is 4.99 Å². The number of nitrogens with one attached hydrogen (secondary N) is 1. The number of hydrogen-bond acceptors (Lipinski definition) is 2. The molecule has 1 aromatic carbocycles. The third kappa shape index (κ3) is 4.71. The highest BCUT2D eigenvalue weighted by molar-refractivity contribution is 9.10. The van der Waals surface area contributed by atoms with Gasteiger partial charge in [0.1, 0.15) is 0 Å². The van der Waals surface area contributed by atoms with Crippen molar-refractivity contribution in [1.82, 2.24) is 5.32 Å². The van der Waals surface area contributed by atoms with Crippen LogP contribution in [0.25, 0.3) is 0 Å². The van der Waals surface area contributed by atoms with Gasteiger partial charge >= 0.3 is 0 Å². The van der Waals surface area contributed by atoms with Crippen LogP contribution in [0.1, 0.15) is 12.5 Å². The summed E-state index contributed by atoms with van der Waals surface area (Å²) in [5, 5.41) is 3.18. The van der Waals surface area contributed by atoms with Crippen LogP contribution >= 0.6 is 28.6 Å². The largest absolute Gasteiger partial charge is 0.373 e. The molecular formula is C11H15BrN2S. The molecule has 0 aliphatic heterocycles. The smallest absolute Gasteiger partial charge is 0.0936 e. The van der Waals surface area contributed by atoms with E-state index in [0.717, 1.165) is 22.6 Å². The predicted octanol–water partition coefficient (Wildman–Crippen LogP) is 2.89. The Labute approximate surface area is 105 Å². The molecule has 0 aliphatic carbocycles. The van der Waals surface area contributed by atoms with Gasteiger partial charge in [-0.25, -0.2) is 0 Å². The van der Waals surface area contributed by atoms with Gasteiger partial charge in [0, 0.05) is 16.8 Å². The third-order valence-electron chi connectivity index (χ3n) is 1.94. The van der Waals surface area contributed by atoms with Gasteiger partial charge in [0.05, 0.1) is 12.4 Å². The van der Waals surface area contributed by atoms with Gasteiger partial charge in [0.15, 0.2) is 0 Å². The summed E-state index contributed by atoms with van der Waals surface area (Å²) in [5.41, 5.74) is 1.20. The number of nitrogens with zero attached hydrogens (tertiary/aromatic N) is 1. The van der Waals surface area contributed by atoms with E-state index in [-0.39, 0.29) is 0 Å². The van der Waals surface area contributed by atoms with Crippen molar-refractivity contribution in [3.8, 4) is 0 Å². The summed E-state index contributed by atoms with van der Waals surface area (Å²) in [4.78, 5) is 4.43. The first-order valence-corrected chi connectivity index (χ1v) is 6.25. The predicted molar refractivity (Wildman–Crippen MR) is 72.8 cm³/mol. The Balaban J connectivity index is 2.52. The van der Waals surface area contributed by atoms with Crippen molar-refractivity contribution in [3.05, 3.63) is 34.3 Å². The van der Waals surface area contributed by atoms with Gasteiger partial charge in [-0.1, -0.05) is 34.1 Å². The summed E-state index contributed by atoms with van der Waals surface area (Å²) < 4.78 is 1.11. The Morgan fingerprint density at radius 2 is 2.20 bits per heavy atom. The fourth-order valence-electron chi connectivity index (χ4n) is 1.12. The van der Waals surface area contributed by atoms with Gasteiger partial charge in [-0.15, -0.1) is 0 Å². The molecule has 82 valence electrons. The van der Waals surface area contributed by atoms with Gasteiger partial charge in [0.25, 0.3) is 0 Å². The number of amidine groups is 1. The molecule has 1 aromatic rings. The van der Waals surface area contributed by atoms with E-state index < -0.39 is 0 Å². The molecular weight excluding hydrogens is 272 g/mol. The van der Waals surface area contributed by atoms with Crippen molar-refractivity contribution in [3.63, 3.8) is 0 Å². The van der Waals surface area contributed by atoms with Crippen molar-refractivity contribution in [2.75, 3.05) is 12.3 Å². The lowest BCUT2D eigenvalue weighted by Crippen LogP contribution is -2.22. The van der Waals surface area contributed by atoms with Crippen LogP contribution in [0.4, 0.5) is 0 Å². The quantitative estimate of drug-likeness (QED) is 0.497. The Morgan fingerprint density at radius 3 is 2.87 bits per heavy atom. The lowest BCUT2D eigenvalue weighted by Gasteiger charge is -2.04. The second-order valence-electron chi connectivity index (χ2n) is 3.14. The molecule has 0 aliphatic rings. The molecule has 0 aromatic heterocycles. The Bertz CT molecular complexity index is 339. The second kappa shape index (κ2) is 6.90. The van der Waals surface area contributed by atoms with Crippen LogP contribution in [-0.2, 0) is 6.54 Å². The maximum Gasteiger partial charge on any atom is 0.0936 e. The molecule has 0 radical (unpaired) electrons. The van der Waals surface area contributed by atoms with Crippen molar-refractivity contribution >= 4 is 34.4 Å². The molecule has 0 unspecified atom stereocenters. The molecule has 15 heavy (non-hydrogen) atoms. The molecule has 0 fully saturated rings. The molecule has 1 N–H and O–H groups in total. The van der Waals surface area contributed by atoms with Gasteiger partial charge in [-0.2, -0.15) is 12.6 Å². The number of benzene rings is 1. The van der Waals surface area contributed by atoms with Gasteiger partial charge in [0.2, 0.25) is 0 Å². The monoisotopic (exact) mass is 286 g/mol. The normalized spacial score (nSPS) is 11.5. The van der Waals surface area contributed by atoms with E-state index in [9.17, 15) is 0 Å². The summed E-state index contributed by atoms with van der Waals surface area (Å²) in [6.45, 7) is 3.53. The zero-order chi connectivity index (χ0) is 11.1. The second-order valence-corrected chi connectivity index (χ2v) is 4.44.